The fourth-order valence-electron chi connectivity index (χ4n) is 1.66. The van der Waals surface area contributed by atoms with Crippen molar-refractivity contribution in [2.24, 2.45) is 7.05 Å². The summed E-state index contributed by atoms with van der Waals surface area (Å²) in [7, 11) is 1.90. The van der Waals surface area contributed by atoms with Crippen LogP contribution in [0.2, 0.25) is 0 Å². The Morgan fingerprint density at radius 3 is 2.81 bits per heavy atom. The predicted molar refractivity (Wildman–Crippen MR) is 63.8 cm³/mol. The zero-order valence-electron chi connectivity index (χ0n) is 9.64. The van der Waals surface area contributed by atoms with E-state index < -0.39 is 0 Å². The van der Waals surface area contributed by atoms with Gasteiger partial charge in [0.2, 0.25) is 0 Å². The summed E-state index contributed by atoms with van der Waals surface area (Å²) in [5.74, 6) is 1.33. The molecule has 2 rings (SSSR count). The molecular formula is C10H15N5S. The zero-order valence-corrected chi connectivity index (χ0v) is 10.5. The Labute approximate surface area is 99.1 Å². The summed E-state index contributed by atoms with van der Waals surface area (Å²) in [4.78, 5) is 0. The molecule has 16 heavy (non-hydrogen) atoms. The first-order chi connectivity index (χ1) is 7.58. The molecule has 0 aliphatic heterocycles. The summed E-state index contributed by atoms with van der Waals surface area (Å²) in [6.45, 7) is 4.92. The second-order valence-corrected chi connectivity index (χ2v) is 4.54. The van der Waals surface area contributed by atoms with Crippen molar-refractivity contribution in [2.45, 2.75) is 26.3 Å². The SMILES string of the molecule is CC(C)c1n[nH]c(=S)n1Cc1cnn(C)c1. The molecule has 0 aliphatic rings. The van der Waals surface area contributed by atoms with Gasteiger partial charge in [0.1, 0.15) is 5.82 Å². The maximum Gasteiger partial charge on any atom is 0.195 e. The normalized spacial score (nSPS) is 11.2. The third kappa shape index (κ3) is 2.06. The predicted octanol–water partition coefficient (Wildman–Crippen LogP) is 1.85. The second-order valence-electron chi connectivity index (χ2n) is 4.15. The van der Waals surface area contributed by atoms with Crippen LogP contribution in [-0.4, -0.2) is 24.5 Å². The maximum absolute atomic E-state index is 5.22. The van der Waals surface area contributed by atoms with Gasteiger partial charge in [-0.2, -0.15) is 10.2 Å². The number of aryl methyl sites for hydroxylation is 1. The highest BCUT2D eigenvalue weighted by atomic mass is 32.1. The number of aromatic amines is 1. The van der Waals surface area contributed by atoms with Crippen molar-refractivity contribution >= 4 is 12.2 Å². The summed E-state index contributed by atoms with van der Waals surface area (Å²) in [6.07, 6.45) is 3.83. The third-order valence-corrected chi connectivity index (χ3v) is 2.71. The molecule has 2 aromatic heterocycles. The van der Waals surface area contributed by atoms with Gasteiger partial charge < -0.3 is 0 Å². The lowest BCUT2D eigenvalue weighted by molar-refractivity contribution is 0.664. The van der Waals surface area contributed by atoms with Gasteiger partial charge in [0, 0.05) is 24.7 Å². The average Bonchev–Trinajstić information content (AvgIpc) is 2.76. The number of aromatic nitrogens is 5. The van der Waals surface area contributed by atoms with E-state index in [0.29, 0.717) is 10.7 Å². The van der Waals surface area contributed by atoms with Crippen molar-refractivity contribution in [1.82, 2.24) is 24.5 Å². The number of hydrogen-bond acceptors (Lipinski definition) is 3. The molecule has 0 saturated heterocycles. The minimum atomic E-state index is 0.352. The van der Waals surface area contributed by atoms with E-state index in [1.807, 2.05) is 24.0 Å². The van der Waals surface area contributed by atoms with Crippen LogP contribution in [-0.2, 0) is 13.6 Å². The number of H-pyrrole nitrogens is 1. The van der Waals surface area contributed by atoms with E-state index in [-0.39, 0.29) is 0 Å². The smallest absolute Gasteiger partial charge is 0.195 e. The minimum absolute atomic E-state index is 0.352. The molecule has 6 heteroatoms. The van der Waals surface area contributed by atoms with Gasteiger partial charge in [0.05, 0.1) is 12.7 Å². The van der Waals surface area contributed by atoms with E-state index in [9.17, 15) is 0 Å². The first-order valence-corrected chi connectivity index (χ1v) is 5.61. The molecule has 2 heterocycles. The standard InChI is InChI=1S/C10H15N5S/c1-7(2)9-12-13-10(16)15(9)6-8-4-11-14(3)5-8/h4-5,7H,6H2,1-3H3,(H,13,16). The summed E-state index contributed by atoms with van der Waals surface area (Å²) >= 11 is 5.22. The van der Waals surface area contributed by atoms with Gasteiger partial charge in [-0.05, 0) is 12.2 Å². The molecule has 0 saturated carbocycles. The molecule has 0 bridgehead atoms. The molecule has 0 amide bonds. The van der Waals surface area contributed by atoms with Crippen LogP contribution in [0.3, 0.4) is 0 Å². The third-order valence-electron chi connectivity index (χ3n) is 2.40. The van der Waals surface area contributed by atoms with Crippen LogP contribution in [0, 0.1) is 4.77 Å². The van der Waals surface area contributed by atoms with Gasteiger partial charge in [-0.1, -0.05) is 13.8 Å². The van der Waals surface area contributed by atoms with Crippen molar-refractivity contribution < 1.29 is 0 Å². The van der Waals surface area contributed by atoms with E-state index in [1.54, 1.807) is 4.68 Å². The summed E-state index contributed by atoms with van der Waals surface area (Å²) in [6, 6.07) is 0. The van der Waals surface area contributed by atoms with Gasteiger partial charge in [0.25, 0.3) is 0 Å². The average molecular weight is 237 g/mol. The van der Waals surface area contributed by atoms with E-state index in [4.69, 9.17) is 12.2 Å². The molecule has 0 atom stereocenters. The van der Waals surface area contributed by atoms with Crippen molar-refractivity contribution in [3.63, 3.8) is 0 Å². The lowest BCUT2D eigenvalue weighted by Gasteiger charge is -2.07. The minimum Gasteiger partial charge on any atom is -0.299 e. The second kappa shape index (κ2) is 4.21. The molecule has 0 fully saturated rings. The summed E-state index contributed by atoms with van der Waals surface area (Å²) < 4.78 is 4.46. The Morgan fingerprint density at radius 2 is 2.25 bits per heavy atom. The molecule has 5 nitrogen and oxygen atoms in total. The Balaban J connectivity index is 2.33. The van der Waals surface area contributed by atoms with Gasteiger partial charge in [0.15, 0.2) is 4.77 Å². The number of nitrogens with one attached hydrogen (secondary N) is 1. The van der Waals surface area contributed by atoms with Crippen LogP contribution in [0.15, 0.2) is 12.4 Å². The quantitative estimate of drug-likeness (QED) is 0.829. The van der Waals surface area contributed by atoms with Gasteiger partial charge in [-0.25, -0.2) is 0 Å². The van der Waals surface area contributed by atoms with Crippen molar-refractivity contribution in [3.05, 3.63) is 28.6 Å². The largest absolute Gasteiger partial charge is 0.299 e. The zero-order chi connectivity index (χ0) is 11.7. The van der Waals surface area contributed by atoms with E-state index in [0.717, 1.165) is 17.9 Å². The Hall–Kier alpha value is -1.43. The number of hydrogen-bond donors (Lipinski definition) is 1. The van der Waals surface area contributed by atoms with E-state index in [2.05, 4.69) is 29.1 Å². The number of rotatable bonds is 3. The molecule has 0 unspecified atom stereocenters. The van der Waals surface area contributed by atoms with Crippen LogP contribution in [0.25, 0.3) is 0 Å². The van der Waals surface area contributed by atoms with E-state index in [1.165, 1.54) is 0 Å². The fourth-order valence-corrected chi connectivity index (χ4v) is 1.86. The molecule has 0 spiro atoms. The molecule has 1 N–H and O–H groups in total. The number of nitrogens with zero attached hydrogens (tertiary/aromatic N) is 4. The molecule has 0 radical (unpaired) electrons. The molecule has 2 aromatic rings. The lowest BCUT2D eigenvalue weighted by atomic mass is 10.2. The lowest BCUT2D eigenvalue weighted by Crippen LogP contribution is -2.06. The van der Waals surface area contributed by atoms with Crippen molar-refractivity contribution in [2.75, 3.05) is 0 Å². The molecule has 0 aliphatic carbocycles. The Bertz CT molecular complexity index is 533. The molecular weight excluding hydrogens is 222 g/mol. The topological polar surface area (TPSA) is 51.4 Å². The maximum atomic E-state index is 5.22. The summed E-state index contributed by atoms with van der Waals surface area (Å²) in [5, 5.41) is 11.2. The van der Waals surface area contributed by atoms with Crippen LogP contribution >= 0.6 is 12.2 Å². The van der Waals surface area contributed by atoms with Crippen LogP contribution in [0.5, 0.6) is 0 Å². The summed E-state index contributed by atoms with van der Waals surface area (Å²) in [5.41, 5.74) is 1.13. The molecule has 86 valence electrons. The first-order valence-electron chi connectivity index (χ1n) is 5.20. The highest BCUT2D eigenvalue weighted by Crippen LogP contribution is 2.13. The highest BCUT2D eigenvalue weighted by molar-refractivity contribution is 7.71. The van der Waals surface area contributed by atoms with Gasteiger partial charge in [-0.15, -0.1) is 0 Å². The van der Waals surface area contributed by atoms with Gasteiger partial charge in [-0.3, -0.25) is 14.3 Å². The van der Waals surface area contributed by atoms with Crippen LogP contribution in [0.4, 0.5) is 0 Å². The van der Waals surface area contributed by atoms with Crippen molar-refractivity contribution in [1.29, 1.82) is 0 Å². The van der Waals surface area contributed by atoms with Crippen LogP contribution in [0.1, 0.15) is 31.2 Å². The Kier molecular flexibility index (Phi) is 2.91. The van der Waals surface area contributed by atoms with Gasteiger partial charge >= 0.3 is 0 Å². The monoisotopic (exact) mass is 237 g/mol. The fraction of sp³-hybridized carbons (Fsp3) is 0.500. The highest BCUT2D eigenvalue weighted by Gasteiger charge is 2.10. The van der Waals surface area contributed by atoms with Crippen molar-refractivity contribution in [3.8, 4) is 0 Å². The van der Waals surface area contributed by atoms with Crippen LogP contribution < -0.4 is 0 Å². The van der Waals surface area contributed by atoms with E-state index >= 15 is 0 Å². The first kappa shape index (κ1) is 11.1. The molecule has 0 aromatic carbocycles. The Morgan fingerprint density at radius 1 is 1.50 bits per heavy atom.